The van der Waals surface area contributed by atoms with Crippen LogP contribution in [0.15, 0.2) is 34.1 Å². The molecule has 1 aliphatic carbocycles. The summed E-state index contributed by atoms with van der Waals surface area (Å²) in [7, 11) is -1.95. The number of aromatic nitrogens is 1. The predicted molar refractivity (Wildman–Crippen MR) is 125 cm³/mol. The van der Waals surface area contributed by atoms with Gasteiger partial charge in [0.15, 0.2) is 0 Å². The summed E-state index contributed by atoms with van der Waals surface area (Å²) in [5.74, 6) is 0.195. The van der Waals surface area contributed by atoms with Crippen molar-refractivity contribution in [2.24, 2.45) is 18.9 Å². The number of sulfonamides is 1. The van der Waals surface area contributed by atoms with Crippen LogP contribution in [0.1, 0.15) is 62.7 Å². The summed E-state index contributed by atoms with van der Waals surface area (Å²) in [5, 5.41) is 3.25. The van der Waals surface area contributed by atoms with Crippen molar-refractivity contribution in [2.75, 3.05) is 13.1 Å². The standard InChI is InChI=1S/C24H33N3O4S/c1-16-11-17(2)14-27(13-16)32(30,31)19-9-10-22-20(12-19)23(28)21(15-26(22)3)24(29)25-18-7-5-4-6-8-18/h9-10,12,15-18H,4-8,11,13-14H2,1-3H3,(H,25,29)/t16-,17-/m1/s1. The average Bonchev–Trinajstić information content (AvgIpc) is 2.76. The van der Waals surface area contributed by atoms with Gasteiger partial charge in [0.05, 0.1) is 10.4 Å². The number of benzene rings is 1. The van der Waals surface area contributed by atoms with Crippen molar-refractivity contribution in [1.82, 2.24) is 14.2 Å². The van der Waals surface area contributed by atoms with E-state index in [-0.39, 0.29) is 39.6 Å². The van der Waals surface area contributed by atoms with E-state index in [9.17, 15) is 18.0 Å². The third-order valence-electron chi connectivity index (χ3n) is 6.82. The molecule has 1 saturated carbocycles. The number of hydrogen-bond acceptors (Lipinski definition) is 4. The Morgan fingerprint density at radius 2 is 1.72 bits per heavy atom. The van der Waals surface area contributed by atoms with E-state index in [0.29, 0.717) is 18.6 Å². The molecule has 1 aromatic carbocycles. The monoisotopic (exact) mass is 459 g/mol. The number of carbonyl (C=O) groups is 1. The molecule has 4 rings (SSSR count). The molecule has 0 spiro atoms. The molecule has 0 bridgehead atoms. The fourth-order valence-corrected chi connectivity index (χ4v) is 6.96. The van der Waals surface area contributed by atoms with Crippen LogP contribution in [0.2, 0.25) is 0 Å². The largest absolute Gasteiger partial charge is 0.350 e. The number of nitrogens with one attached hydrogen (secondary N) is 1. The van der Waals surface area contributed by atoms with Crippen molar-refractivity contribution in [3.63, 3.8) is 0 Å². The first-order valence-corrected chi connectivity index (χ1v) is 13.0. The molecule has 2 aromatic rings. The fraction of sp³-hybridized carbons (Fsp3) is 0.583. The van der Waals surface area contributed by atoms with E-state index in [4.69, 9.17) is 0 Å². The summed E-state index contributed by atoms with van der Waals surface area (Å²) >= 11 is 0. The molecule has 2 atom stereocenters. The van der Waals surface area contributed by atoms with Gasteiger partial charge in [0, 0.05) is 37.8 Å². The smallest absolute Gasteiger partial charge is 0.256 e. The van der Waals surface area contributed by atoms with Gasteiger partial charge in [0.1, 0.15) is 5.56 Å². The second-order valence-electron chi connectivity index (χ2n) is 9.74. The van der Waals surface area contributed by atoms with Crippen molar-refractivity contribution in [3.8, 4) is 0 Å². The normalized spacial score (nSPS) is 23.3. The number of amides is 1. The first-order valence-electron chi connectivity index (χ1n) is 11.6. The van der Waals surface area contributed by atoms with Crippen molar-refractivity contribution in [1.29, 1.82) is 0 Å². The topological polar surface area (TPSA) is 88.5 Å². The van der Waals surface area contributed by atoms with Crippen LogP contribution in [0.25, 0.3) is 10.9 Å². The zero-order valence-electron chi connectivity index (χ0n) is 19.1. The third-order valence-corrected chi connectivity index (χ3v) is 8.65. The molecule has 1 saturated heterocycles. The van der Waals surface area contributed by atoms with Crippen LogP contribution < -0.4 is 10.7 Å². The molecule has 1 aromatic heterocycles. The molecule has 0 radical (unpaired) electrons. The predicted octanol–water partition coefficient (Wildman–Crippen LogP) is 3.27. The lowest BCUT2D eigenvalue weighted by atomic mass is 9.94. The number of nitrogens with zero attached hydrogens (tertiary/aromatic N) is 2. The molecule has 174 valence electrons. The van der Waals surface area contributed by atoms with E-state index in [1.807, 2.05) is 0 Å². The number of piperidine rings is 1. The van der Waals surface area contributed by atoms with Crippen molar-refractivity contribution >= 4 is 26.8 Å². The van der Waals surface area contributed by atoms with Crippen LogP contribution in [-0.4, -0.2) is 42.3 Å². The van der Waals surface area contributed by atoms with E-state index in [0.717, 1.165) is 32.1 Å². The Hall–Kier alpha value is -2.19. The highest BCUT2D eigenvalue weighted by Crippen LogP contribution is 2.28. The molecule has 0 unspecified atom stereocenters. The summed E-state index contributed by atoms with van der Waals surface area (Å²) < 4.78 is 29.9. The molecular weight excluding hydrogens is 426 g/mol. The fourth-order valence-electron chi connectivity index (χ4n) is 5.25. The Morgan fingerprint density at radius 1 is 1.06 bits per heavy atom. The summed E-state index contributed by atoms with van der Waals surface area (Å²) in [6.07, 6.45) is 7.74. The Labute approximate surface area is 189 Å². The average molecular weight is 460 g/mol. The first-order chi connectivity index (χ1) is 15.2. The Kier molecular flexibility index (Phi) is 6.45. The number of rotatable bonds is 4. The molecule has 2 heterocycles. The molecule has 2 aliphatic rings. The Balaban J connectivity index is 1.70. The minimum absolute atomic E-state index is 0.0559. The van der Waals surface area contributed by atoms with Crippen LogP contribution in [0, 0.1) is 11.8 Å². The number of hydrogen-bond donors (Lipinski definition) is 1. The van der Waals surface area contributed by atoms with Crippen molar-refractivity contribution < 1.29 is 13.2 Å². The molecule has 1 N–H and O–H groups in total. The Bertz CT molecular complexity index is 1170. The maximum atomic E-state index is 13.3. The van der Waals surface area contributed by atoms with Crippen LogP contribution >= 0.6 is 0 Å². The molecule has 1 amide bonds. The van der Waals surface area contributed by atoms with Crippen molar-refractivity contribution in [3.05, 3.63) is 40.2 Å². The van der Waals surface area contributed by atoms with Gasteiger partial charge in [-0.05, 0) is 49.3 Å². The van der Waals surface area contributed by atoms with Gasteiger partial charge in [-0.25, -0.2) is 8.42 Å². The molecule has 2 fully saturated rings. The molecular formula is C24H33N3O4S. The van der Waals surface area contributed by atoms with Gasteiger partial charge in [-0.3, -0.25) is 9.59 Å². The van der Waals surface area contributed by atoms with E-state index in [1.165, 1.54) is 16.8 Å². The summed E-state index contributed by atoms with van der Waals surface area (Å²) in [5.41, 5.74) is 0.229. The highest BCUT2D eigenvalue weighted by Gasteiger charge is 2.32. The third kappa shape index (κ3) is 4.48. The number of aryl methyl sites for hydroxylation is 1. The zero-order valence-corrected chi connectivity index (χ0v) is 20.0. The molecule has 8 heteroatoms. The number of pyridine rings is 1. The van der Waals surface area contributed by atoms with Crippen LogP contribution in [0.4, 0.5) is 0 Å². The zero-order chi connectivity index (χ0) is 23.0. The van der Waals surface area contributed by atoms with Gasteiger partial charge < -0.3 is 9.88 Å². The summed E-state index contributed by atoms with van der Waals surface area (Å²) in [6, 6.07) is 4.74. The molecule has 1 aliphatic heterocycles. The van der Waals surface area contributed by atoms with Gasteiger partial charge in [-0.15, -0.1) is 0 Å². The van der Waals surface area contributed by atoms with Crippen LogP contribution in [0.3, 0.4) is 0 Å². The quantitative estimate of drug-likeness (QED) is 0.760. The lowest BCUT2D eigenvalue weighted by molar-refractivity contribution is 0.0926. The van der Waals surface area contributed by atoms with Crippen LogP contribution in [0.5, 0.6) is 0 Å². The summed E-state index contributed by atoms with van der Waals surface area (Å²) in [6.45, 7) is 5.08. The van der Waals surface area contributed by atoms with Gasteiger partial charge in [0.25, 0.3) is 5.91 Å². The van der Waals surface area contributed by atoms with Gasteiger partial charge >= 0.3 is 0 Å². The highest BCUT2D eigenvalue weighted by molar-refractivity contribution is 7.89. The second kappa shape index (κ2) is 8.98. The van der Waals surface area contributed by atoms with E-state index in [2.05, 4.69) is 19.2 Å². The minimum atomic E-state index is -3.72. The van der Waals surface area contributed by atoms with Gasteiger partial charge in [-0.1, -0.05) is 33.1 Å². The first kappa shape index (κ1) is 23.0. The molecule has 32 heavy (non-hydrogen) atoms. The second-order valence-corrected chi connectivity index (χ2v) is 11.7. The lowest BCUT2D eigenvalue weighted by Gasteiger charge is -2.34. The van der Waals surface area contributed by atoms with E-state index in [1.54, 1.807) is 29.9 Å². The molecule has 7 nitrogen and oxygen atoms in total. The lowest BCUT2D eigenvalue weighted by Crippen LogP contribution is -2.42. The maximum Gasteiger partial charge on any atom is 0.256 e. The van der Waals surface area contributed by atoms with Gasteiger partial charge in [-0.2, -0.15) is 4.31 Å². The maximum absolute atomic E-state index is 13.3. The van der Waals surface area contributed by atoms with Gasteiger partial charge in [0.2, 0.25) is 15.5 Å². The SMILES string of the molecule is C[C@@H]1C[C@@H](C)CN(S(=O)(=O)c2ccc3c(c2)c(=O)c(C(=O)NC2CCCCC2)cn3C)C1. The van der Waals surface area contributed by atoms with E-state index < -0.39 is 15.5 Å². The number of carbonyl (C=O) groups excluding carboxylic acids is 1. The summed E-state index contributed by atoms with van der Waals surface area (Å²) in [4.78, 5) is 26.2. The van der Waals surface area contributed by atoms with E-state index >= 15 is 0 Å². The van der Waals surface area contributed by atoms with Crippen molar-refractivity contribution in [2.45, 2.75) is 63.3 Å². The number of fused-ring (bicyclic) bond motifs is 1. The van der Waals surface area contributed by atoms with Crippen LogP contribution in [-0.2, 0) is 17.1 Å². The Morgan fingerprint density at radius 3 is 2.38 bits per heavy atom. The highest BCUT2D eigenvalue weighted by atomic mass is 32.2. The minimum Gasteiger partial charge on any atom is -0.350 e.